The van der Waals surface area contributed by atoms with E-state index in [2.05, 4.69) is 53.7 Å². The van der Waals surface area contributed by atoms with Gasteiger partial charge in [-0.1, -0.05) is 64.5 Å². The van der Waals surface area contributed by atoms with Gasteiger partial charge < -0.3 is 0 Å². The Morgan fingerprint density at radius 1 is 0.500 bits per heavy atom. The molecule has 0 spiro atoms. The van der Waals surface area contributed by atoms with Crippen molar-refractivity contribution in [3.63, 3.8) is 0 Å². The molecule has 0 aromatic carbocycles. The van der Waals surface area contributed by atoms with Crippen LogP contribution in [0.25, 0.3) is 0 Å². The summed E-state index contributed by atoms with van der Waals surface area (Å²) in [6.07, 6.45) is 11.0. The lowest BCUT2D eigenvalue weighted by Crippen LogP contribution is -2.67. The molecule has 22 heavy (non-hydrogen) atoms. The van der Waals surface area contributed by atoms with Crippen LogP contribution in [0.5, 0.6) is 0 Å². The standard InChI is InChI=1S/C15H39N7/c1-4-7-10-13-16-19-22(20-17-14-11-8-5-2)21-18-15-12-9-6-3/h16-21H,4-15H2,1-3H3. The van der Waals surface area contributed by atoms with E-state index in [0.717, 1.165) is 19.6 Å². The summed E-state index contributed by atoms with van der Waals surface area (Å²) < 4.78 is 0. The highest BCUT2D eigenvalue weighted by Gasteiger charge is 2.01. The van der Waals surface area contributed by atoms with Gasteiger partial charge in [0, 0.05) is 19.6 Å². The maximum absolute atomic E-state index is 3.20. The molecule has 0 heterocycles. The molecule has 0 amide bonds. The van der Waals surface area contributed by atoms with Crippen LogP contribution in [-0.4, -0.2) is 24.9 Å². The van der Waals surface area contributed by atoms with E-state index in [1.54, 1.807) is 5.23 Å². The van der Waals surface area contributed by atoms with Crippen molar-refractivity contribution < 1.29 is 0 Å². The first-order valence-electron chi connectivity index (χ1n) is 9.10. The van der Waals surface area contributed by atoms with E-state index in [1.807, 2.05) is 0 Å². The normalized spacial score (nSPS) is 11.5. The summed E-state index contributed by atoms with van der Waals surface area (Å²) >= 11 is 0. The van der Waals surface area contributed by atoms with Gasteiger partial charge in [-0.2, -0.15) is 16.6 Å². The average Bonchev–Trinajstić information content (AvgIpc) is 2.53. The molecule has 0 unspecified atom stereocenters. The number of unbranched alkanes of at least 4 members (excludes halogenated alkanes) is 6. The third kappa shape index (κ3) is 16.1. The molecule has 0 atom stereocenters. The first-order valence-corrected chi connectivity index (χ1v) is 9.10. The van der Waals surface area contributed by atoms with Crippen LogP contribution < -0.4 is 32.9 Å². The molecule has 0 bridgehead atoms. The van der Waals surface area contributed by atoms with Gasteiger partial charge in [0.1, 0.15) is 0 Å². The van der Waals surface area contributed by atoms with Crippen molar-refractivity contribution in [1.82, 2.24) is 38.1 Å². The Balaban J connectivity index is 3.72. The molecule has 0 aliphatic heterocycles. The lowest BCUT2D eigenvalue weighted by atomic mass is 10.2. The minimum atomic E-state index is 0.944. The molecular formula is C15H39N7. The van der Waals surface area contributed by atoms with Gasteiger partial charge in [0.25, 0.3) is 0 Å². The minimum Gasteiger partial charge on any atom is -0.242 e. The van der Waals surface area contributed by atoms with Crippen molar-refractivity contribution >= 4 is 0 Å². The highest BCUT2D eigenvalue weighted by molar-refractivity contribution is 4.44. The largest absolute Gasteiger partial charge is 0.242 e. The van der Waals surface area contributed by atoms with Crippen molar-refractivity contribution in [2.24, 2.45) is 0 Å². The van der Waals surface area contributed by atoms with E-state index in [4.69, 9.17) is 0 Å². The first-order chi connectivity index (χ1) is 10.8. The lowest BCUT2D eigenvalue weighted by Gasteiger charge is -2.25. The van der Waals surface area contributed by atoms with Gasteiger partial charge in [-0.05, 0) is 19.3 Å². The molecule has 0 aliphatic carbocycles. The summed E-state index contributed by atoms with van der Waals surface area (Å²) in [7, 11) is 0. The molecule has 0 radical (unpaired) electrons. The fraction of sp³-hybridized carbons (Fsp3) is 1.00. The van der Waals surface area contributed by atoms with E-state index in [-0.39, 0.29) is 0 Å². The highest BCUT2D eigenvalue weighted by Crippen LogP contribution is 1.91. The van der Waals surface area contributed by atoms with Gasteiger partial charge in [-0.15, -0.1) is 0 Å². The molecule has 0 rings (SSSR count). The molecular weight excluding hydrogens is 278 g/mol. The van der Waals surface area contributed by atoms with E-state index < -0.39 is 0 Å². The van der Waals surface area contributed by atoms with Crippen molar-refractivity contribution in [3.8, 4) is 0 Å². The maximum Gasteiger partial charge on any atom is 0.0114 e. The molecule has 0 fully saturated rings. The highest BCUT2D eigenvalue weighted by atomic mass is 16.0. The SMILES string of the molecule is CCCCCNNN(NNCCCCC)NNCCCCC. The average molecular weight is 318 g/mol. The Morgan fingerprint density at radius 3 is 1.09 bits per heavy atom. The molecule has 134 valence electrons. The predicted octanol–water partition coefficient (Wildman–Crippen LogP) is 1.89. The number of hydrazine groups is 6. The van der Waals surface area contributed by atoms with Crippen LogP contribution in [0.1, 0.15) is 78.6 Å². The summed E-state index contributed by atoms with van der Waals surface area (Å²) in [6, 6.07) is 0. The van der Waals surface area contributed by atoms with Gasteiger partial charge in [0.05, 0.1) is 0 Å². The Kier molecular flexibility index (Phi) is 18.5. The second kappa shape index (κ2) is 18.8. The summed E-state index contributed by atoms with van der Waals surface area (Å²) in [6.45, 7) is 9.47. The fourth-order valence-corrected chi connectivity index (χ4v) is 1.88. The molecule has 7 nitrogen and oxygen atoms in total. The zero-order valence-electron chi connectivity index (χ0n) is 14.9. The van der Waals surface area contributed by atoms with Crippen LogP contribution in [0.3, 0.4) is 0 Å². The van der Waals surface area contributed by atoms with Crippen LogP contribution in [0, 0.1) is 0 Å². The number of nitrogens with zero attached hydrogens (tertiary/aromatic N) is 1. The van der Waals surface area contributed by atoms with Gasteiger partial charge in [-0.3, -0.25) is 0 Å². The van der Waals surface area contributed by atoms with Crippen LogP contribution in [0.4, 0.5) is 0 Å². The van der Waals surface area contributed by atoms with Gasteiger partial charge >= 0.3 is 0 Å². The second-order valence-corrected chi connectivity index (χ2v) is 5.57. The fourth-order valence-electron chi connectivity index (χ4n) is 1.88. The van der Waals surface area contributed by atoms with Crippen molar-refractivity contribution in [1.29, 1.82) is 0 Å². The quantitative estimate of drug-likeness (QED) is 0.170. The van der Waals surface area contributed by atoms with Gasteiger partial charge in [0.15, 0.2) is 0 Å². The molecule has 0 saturated carbocycles. The van der Waals surface area contributed by atoms with Gasteiger partial charge in [-0.25, -0.2) is 16.3 Å². The number of hydrogen-bond acceptors (Lipinski definition) is 7. The third-order valence-corrected chi connectivity index (χ3v) is 3.29. The van der Waals surface area contributed by atoms with E-state index >= 15 is 0 Å². The third-order valence-electron chi connectivity index (χ3n) is 3.29. The van der Waals surface area contributed by atoms with Crippen molar-refractivity contribution in [2.75, 3.05) is 19.6 Å². The number of nitrogens with one attached hydrogen (secondary N) is 6. The van der Waals surface area contributed by atoms with Crippen LogP contribution in [0.15, 0.2) is 0 Å². The molecule has 0 aromatic heterocycles. The minimum absolute atomic E-state index is 0.944. The van der Waals surface area contributed by atoms with Crippen LogP contribution in [0.2, 0.25) is 0 Å². The summed E-state index contributed by atoms with van der Waals surface area (Å²) in [5, 5.41) is 1.68. The Morgan fingerprint density at radius 2 is 0.818 bits per heavy atom. The molecule has 0 aromatic rings. The smallest absolute Gasteiger partial charge is 0.0114 e. The topological polar surface area (TPSA) is 75.4 Å². The zero-order valence-corrected chi connectivity index (χ0v) is 14.9. The Hall–Kier alpha value is -0.280. The monoisotopic (exact) mass is 317 g/mol. The predicted molar refractivity (Wildman–Crippen MR) is 93.8 cm³/mol. The van der Waals surface area contributed by atoms with E-state index in [0.29, 0.717) is 0 Å². The zero-order chi connectivity index (χ0) is 16.3. The first kappa shape index (κ1) is 21.7. The second-order valence-electron chi connectivity index (χ2n) is 5.57. The Bertz CT molecular complexity index is 171. The summed E-state index contributed by atoms with van der Waals surface area (Å²) in [4.78, 5) is 0. The van der Waals surface area contributed by atoms with E-state index in [1.165, 1.54) is 57.8 Å². The van der Waals surface area contributed by atoms with Crippen molar-refractivity contribution in [3.05, 3.63) is 0 Å². The number of hydrogen-bond donors (Lipinski definition) is 6. The lowest BCUT2D eigenvalue weighted by molar-refractivity contribution is -0.0148. The molecule has 0 saturated heterocycles. The molecule has 7 heteroatoms. The maximum atomic E-state index is 3.20. The summed E-state index contributed by atoms with van der Waals surface area (Å²) in [5.74, 6) is 0. The van der Waals surface area contributed by atoms with Crippen molar-refractivity contribution in [2.45, 2.75) is 78.6 Å². The summed E-state index contributed by atoms with van der Waals surface area (Å²) in [5.41, 5.74) is 18.9. The molecule has 6 N–H and O–H groups in total. The molecule has 0 aliphatic rings. The van der Waals surface area contributed by atoms with Gasteiger partial charge in [0.2, 0.25) is 0 Å². The Labute approximate surface area is 137 Å². The number of rotatable bonds is 18. The van der Waals surface area contributed by atoms with E-state index in [9.17, 15) is 0 Å². The van der Waals surface area contributed by atoms with Crippen LogP contribution in [-0.2, 0) is 0 Å². The van der Waals surface area contributed by atoms with Crippen LogP contribution >= 0.6 is 0 Å².